The third-order valence-electron chi connectivity index (χ3n) is 3.04. The van der Waals surface area contributed by atoms with Gasteiger partial charge in [-0.2, -0.15) is 0 Å². The van der Waals surface area contributed by atoms with E-state index >= 15 is 0 Å². The highest BCUT2D eigenvalue weighted by molar-refractivity contribution is 5.29. The molecule has 0 bridgehead atoms. The van der Waals surface area contributed by atoms with E-state index in [0.29, 0.717) is 18.9 Å². The number of rotatable bonds is 5. The second-order valence-corrected chi connectivity index (χ2v) is 4.40. The minimum atomic E-state index is -0.288. The maximum atomic E-state index is 13.2. The predicted octanol–water partition coefficient (Wildman–Crippen LogP) is 1.76. The molecule has 0 atom stereocenters. The highest BCUT2D eigenvalue weighted by Gasteiger charge is 2.10. The van der Waals surface area contributed by atoms with Crippen LogP contribution in [0.3, 0.4) is 0 Å². The zero-order chi connectivity index (χ0) is 12.1. The third-order valence-corrected chi connectivity index (χ3v) is 3.04. The van der Waals surface area contributed by atoms with Crippen molar-refractivity contribution >= 4 is 0 Å². The van der Waals surface area contributed by atoms with Crippen LogP contribution in [-0.4, -0.2) is 31.1 Å². The van der Waals surface area contributed by atoms with Gasteiger partial charge in [-0.15, -0.1) is 0 Å². The predicted molar refractivity (Wildman–Crippen MR) is 65.5 cm³/mol. The molecule has 0 spiro atoms. The van der Waals surface area contributed by atoms with Gasteiger partial charge in [-0.1, -0.05) is 0 Å². The molecule has 4 heteroatoms. The Morgan fingerprint density at radius 2 is 2.00 bits per heavy atom. The lowest BCUT2D eigenvalue weighted by atomic mass is 10.2. The van der Waals surface area contributed by atoms with E-state index in [-0.39, 0.29) is 5.82 Å². The van der Waals surface area contributed by atoms with Gasteiger partial charge in [0.1, 0.15) is 18.2 Å². The second-order valence-electron chi connectivity index (χ2n) is 4.40. The molecule has 1 aliphatic heterocycles. The maximum Gasteiger partial charge on any atom is 0.127 e. The lowest BCUT2D eigenvalue weighted by Gasteiger charge is -2.15. The van der Waals surface area contributed by atoms with E-state index < -0.39 is 0 Å². The largest absolute Gasteiger partial charge is 0.492 e. The summed E-state index contributed by atoms with van der Waals surface area (Å²) in [5.41, 5.74) is 6.25. The number of hydrogen-bond acceptors (Lipinski definition) is 3. The first-order chi connectivity index (χ1) is 8.28. The molecule has 1 aliphatic rings. The van der Waals surface area contributed by atoms with Crippen LogP contribution in [0.25, 0.3) is 0 Å². The highest BCUT2D eigenvalue weighted by atomic mass is 19.1. The molecule has 0 radical (unpaired) electrons. The van der Waals surface area contributed by atoms with Gasteiger partial charge in [-0.25, -0.2) is 4.39 Å². The summed E-state index contributed by atoms with van der Waals surface area (Å²) in [5.74, 6) is 0.286. The Morgan fingerprint density at radius 1 is 1.24 bits per heavy atom. The minimum absolute atomic E-state index is 0.288. The highest BCUT2D eigenvalue weighted by Crippen LogP contribution is 2.16. The number of nitrogens with zero attached hydrogens (tertiary/aromatic N) is 1. The second kappa shape index (κ2) is 5.98. The van der Waals surface area contributed by atoms with Crippen molar-refractivity contribution in [2.75, 3.05) is 26.2 Å². The summed E-state index contributed by atoms with van der Waals surface area (Å²) < 4.78 is 18.8. The smallest absolute Gasteiger partial charge is 0.127 e. The van der Waals surface area contributed by atoms with Crippen LogP contribution in [0.4, 0.5) is 4.39 Å². The summed E-state index contributed by atoms with van der Waals surface area (Å²) in [6.45, 7) is 4.16. The van der Waals surface area contributed by atoms with E-state index in [4.69, 9.17) is 10.5 Å². The van der Waals surface area contributed by atoms with Crippen molar-refractivity contribution in [3.05, 3.63) is 29.6 Å². The van der Waals surface area contributed by atoms with E-state index in [1.165, 1.54) is 25.0 Å². The van der Waals surface area contributed by atoms with Gasteiger partial charge in [0.2, 0.25) is 0 Å². The van der Waals surface area contributed by atoms with Gasteiger partial charge in [-0.05, 0) is 43.6 Å². The lowest BCUT2D eigenvalue weighted by Crippen LogP contribution is -2.25. The maximum absolute atomic E-state index is 13.2. The Hall–Kier alpha value is -1.13. The lowest BCUT2D eigenvalue weighted by molar-refractivity contribution is 0.237. The standard InChI is InChI=1S/C13H19FN2O/c14-12-7-11(10-15)8-13(9-12)17-6-5-16-3-1-2-4-16/h7-9H,1-6,10,15H2. The zero-order valence-corrected chi connectivity index (χ0v) is 9.99. The van der Waals surface area contributed by atoms with Gasteiger partial charge in [-0.3, -0.25) is 4.90 Å². The first-order valence-electron chi connectivity index (χ1n) is 6.12. The van der Waals surface area contributed by atoms with Gasteiger partial charge >= 0.3 is 0 Å². The van der Waals surface area contributed by atoms with Gasteiger partial charge in [0.15, 0.2) is 0 Å². The molecule has 0 unspecified atom stereocenters. The molecule has 3 nitrogen and oxygen atoms in total. The number of hydrogen-bond donors (Lipinski definition) is 1. The number of nitrogens with two attached hydrogens (primary N) is 1. The van der Waals surface area contributed by atoms with Crippen molar-refractivity contribution in [3.8, 4) is 5.75 Å². The van der Waals surface area contributed by atoms with Gasteiger partial charge in [0, 0.05) is 19.2 Å². The average molecular weight is 238 g/mol. The van der Waals surface area contributed by atoms with Crippen molar-refractivity contribution in [3.63, 3.8) is 0 Å². The third kappa shape index (κ3) is 3.68. The van der Waals surface area contributed by atoms with Crippen LogP contribution in [0.1, 0.15) is 18.4 Å². The summed E-state index contributed by atoms with van der Waals surface area (Å²) in [6.07, 6.45) is 2.55. The summed E-state index contributed by atoms with van der Waals surface area (Å²) in [6, 6.07) is 4.64. The van der Waals surface area contributed by atoms with E-state index in [2.05, 4.69) is 4.90 Å². The monoisotopic (exact) mass is 238 g/mol. The van der Waals surface area contributed by atoms with E-state index in [1.807, 2.05) is 0 Å². The SMILES string of the molecule is NCc1cc(F)cc(OCCN2CCCC2)c1. The van der Waals surface area contributed by atoms with E-state index in [0.717, 1.165) is 25.2 Å². The van der Waals surface area contributed by atoms with Crippen molar-refractivity contribution in [2.45, 2.75) is 19.4 Å². The summed E-state index contributed by atoms with van der Waals surface area (Å²) in [5, 5.41) is 0. The molecule has 2 rings (SSSR count). The molecule has 0 aliphatic carbocycles. The molecule has 94 valence electrons. The molecule has 1 aromatic carbocycles. The fourth-order valence-electron chi connectivity index (χ4n) is 2.12. The van der Waals surface area contributed by atoms with E-state index in [1.54, 1.807) is 6.07 Å². The zero-order valence-electron chi connectivity index (χ0n) is 9.99. The van der Waals surface area contributed by atoms with Gasteiger partial charge in [0.05, 0.1) is 0 Å². The van der Waals surface area contributed by atoms with E-state index in [9.17, 15) is 4.39 Å². The molecule has 0 amide bonds. The molecule has 1 aromatic rings. The molecular weight excluding hydrogens is 219 g/mol. The topological polar surface area (TPSA) is 38.5 Å². The Morgan fingerprint density at radius 3 is 2.71 bits per heavy atom. The molecule has 1 heterocycles. The molecule has 1 saturated heterocycles. The number of likely N-dealkylation sites (tertiary alicyclic amines) is 1. The molecule has 2 N–H and O–H groups in total. The quantitative estimate of drug-likeness (QED) is 0.849. The number of benzene rings is 1. The van der Waals surface area contributed by atoms with Crippen molar-refractivity contribution < 1.29 is 9.13 Å². The molecule has 1 fully saturated rings. The van der Waals surface area contributed by atoms with Gasteiger partial charge in [0.25, 0.3) is 0 Å². The first kappa shape index (κ1) is 12.3. The molecular formula is C13H19FN2O. The number of ether oxygens (including phenoxy) is 1. The summed E-state index contributed by atoms with van der Waals surface area (Å²) in [4.78, 5) is 2.36. The Kier molecular flexibility index (Phi) is 4.34. The van der Waals surface area contributed by atoms with Crippen LogP contribution in [0.5, 0.6) is 5.75 Å². The first-order valence-corrected chi connectivity index (χ1v) is 6.12. The van der Waals surface area contributed by atoms with Crippen LogP contribution in [0, 0.1) is 5.82 Å². The normalized spacial score (nSPS) is 16.4. The Balaban J connectivity index is 1.83. The van der Waals surface area contributed by atoms with Crippen molar-refractivity contribution in [1.29, 1.82) is 0 Å². The number of halogens is 1. The molecule has 0 saturated carbocycles. The fourth-order valence-corrected chi connectivity index (χ4v) is 2.12. The summed E-state index contributed by atoms with van der Waals surface area (Å²) in [7, 11) is 0. The van der Waals surface area contributed by atoms with Crippen molar-refractivity contribution in [2.24, 2.45) is 5.73 Å². The van der Waals surface area contributed by atoms with Crippen LogP contribution in [-0.2, 0) is 6.54 Å². The van der Waals surface area contributed by atoms with Crippen molar-refractivity contribution in [1.82, 2.24) is 4.90 Å². The Bertz CT molecular complexity index is 364. The average Bonchev–Trinajstić information content (AvgIpc) is 2.81. The molecule has 17 heavy (non-hydrogen) atoms. The van der Waals surface area contributed by atoms with Crippen LogP contribution in [0.2, 0.25) is 0 Å². The summed E-state index contributed by atoms with van der Waals surface area (Å²) >= 11 is 0. The molecule has 0 aromatic heterocycles. The minimum Gasteiger partial charge on any atom is -0.492 e. The van der Waals surface area contributed by atoms with Crippen LogP contribution >= 0.6 is 0 Å². The van der Waals surface area contributed by atoms with Gasteiger partial charge < -0.3 is 10.5 Å². The fraction of sp³-hybridized carbons (Fsp3) is 0.538. The Labute approximate surface area is 101 Å². The van der Waals surface area contributed by atoms with Crippen LogP contribution < -0.4 is 10.5 Å². The van der Waals surface area contributed by atoms with Crippen LogP contribution in [0.15, 0.2) is 18.2 Å².